The molecule has 3 heteroatoms. The SMILES string of the molecule is CCOC(=O)C(CC)c1cccc2c1OCCC2. The second-order valence-electron chi connectivity index (χ2n) is 4.50. The highest BCUT2D eigenvalue weighted by atomic mass is 16.5. The molecule has 0 spiro atoms. The molecule has 1 aliphatic heterocycles. The van der Waals surface area contributed by atoms with Crippen LogP contribution in [0.4, 0.5) is 0 Å². The Kier molecular flexibility index (Phi) is 4.24. The van der Waals surface area contributed by atoms with Gasteiger partial charge in [0.1, 0.15) is 5.75 Å². The number of benzene rings is 1. The average Bonchev–Trinajstić information content (AvgIpc) is 2.40. The van der Waals surface area contributed by atoms with Gasteiger partial charge < -0.3 is 9.47 Å². The molecule has 0 aliphatic carbocycles. The summed E-state index contributed by atoms with van der Waals surface area (Å²) in [6, 6.07) is 6.07. The molecular weight excluding hydrogens is 228 g/mol. The molecule has 1 aromatic rings. The van der Waals surface area contributed by atoms with Gasteiger partial charge in [0.15, 0.2) is 0 Å². The summed E-state index contributed by atoms with van der Waals surface area (Å²) in [5.74, 6) is 0.546. The minimum atomic E-state index is -0.210. The van der Waals surface area contributed by atoms with Crippen molar-refractivity contribution in [3.05, 3.63) is 29.3 Å². The molecular formula is C15H20O3. The predicted octanol–water partition coefficient (Wildman–Crippen LogP) is 3.07. The highest BCUT2D eigenvalue weighted by Gasteiger charge is 2.26. The van der Waals surface area contributed by atoms with E-state index in [0.29, 0.717) is 6.61 Å². The third kappa shape index (κ3) is 2.50. The molecule has 1 aliphatic rings. The Hall–Kier alpha value is -1.51. The summed E-state index contributed by atoms with van der Waals surface area (Å²) >= 11 is 0. The number of hydrogen-bond donors (Lipinski definition) is 0. The van der Waals surface area contributed by atoms with Gasteiger partial charge in [0, 0.05) is 5.56 Å². The number of hydrogen-bond acceptors (Lipinski definition) is 3. The van der Waals surface area contributed by atoms with Gasteiger partial charge >= 0.3 is 5.97 Å². The van der Waals surface area contributed by atoms with Gasteiger partial charge in [0.25, 0.3) is 0 Å². The first kappa shape index (κ1) is 12.9. The van der Waals surface area contributed by atoms with E-state index in [9.17, 15) is 4.79 Å². The van der Waals surface area contributed by atoms with Crippen LogP contribution in [0.3, 0.4) is 0 Å². The van der Waals surface area contributed by atoms with Crippen LogP contribution in [0.1, 0.15) is 43.7 Å². The van der Waals surface area contributed by atoms with Gasteiger partial charge in [-0.1, -0.05) is 25.1 Å². The first-order valence-electron chi connectivity index (χ1n) is 6.69. The molecule has 0 amide bonds. The summed E-state index contributed by atoms with van der Waals surface area (Å²) in [6.45, 7) is 5.00. The van der Waals surface area contributed by atoms with E-state index in [-0.39, 0.29) is 11.9 Å². The Balaban J connectivity index is 2.33. The van der Waals surface area contributed by atoms with Crippen LogP contribution in [-0.2, 0) is 16.0 Å². The van der Waals surface area contributed by atoms with Gasteiger partial charge in [-0.2, -0.15) is 0 Å². The molecule has 0 aromatic heterocycles. The van der Waals surface area contributed by atoms with E-state index in [0.717, 1.165) is 37.2 Å². The summed E-state index contributed by atoms with van der Waals surface area (Å²) < 4.78 is 10.9. The van der Waals surface area contributed by atoms with E-state index in [1.807, 2.05) is 26.0 Å². The molecule has 1 aromatic carbocycles. The Bertz CT molecular complexity index is 426. The monoisotopic (exact) mass is 248 g/mol. The van der Waals surface area contributed by atoms with Crippen molar-refractivity contribution in [1.29, 1.82) is 0 Å². The third-order valence-electron chi connectivity index (χ3n) is 3.32. The minimum absolute atomic E-state index is 0.150. The van der Waals surface area contributed by atoms with Crippen LogP contribution >= 0.6 is 0 Å². The first-order chi connectivity index (χ1) is 8.77. The summed E-state index contributed by atoms with van der Waals surface area (Å²) in [6.07, 6.45) is 2.81. The van der Waals surface area contributed by atoms with Gasteiger partial charge in [-0.25, -0.2) is 0 Å². The summed E-state index contributed by atoms with van der Waals surface area (Å²) in [7, 11) is 0. The normalized spacial score (nSPS) is 15.4. The van der Waals surface area contributed by atoms with Gasteiger partial charge in [0.2, 0.25) is 0 Å². The third-order valence-corrected chi connectivity index (χ3v) is 3.32. The molecule has 1 atom stereocenters. The summed E-state index contributed by atoms with van der Waals surface area (Å²) in [5, 5.41) is 0. The molecule has 3 nitrogen and oxygen atoms in total. The van der Waals surface area contributed by atoms with E-state index in [4.69, 9.17) is 9.47 Å². The van der Waals surface area contributed by atoms with Crippen molar-refractivity contribution in [1.82, 2.24) is 0 Å². The van der Waals surface area contributed by atoms with E-state index in [2.05, 4.69) is 6.07 Å². The number of para-hydroxylation sites is 1. The summed E-state index contributed by atoms with van der Waals surface area (Å²) in [5.41, 5.74) is 2.19. The number of carbonyl (C=O) groups is 1. The maximum atomic E-state index is 12.0. The first-order valence-corrected chi connectivity index (χ1v) is 6.69. The zero-order valence-corrected chi connectivity index (χ0v) is 11.1. The van der Waals surface area contributed by atoms with Gasteiger partial charge in [-0.15, -0.1) is 0 Å². The fourth-order valence-corrected chi connectivity index (χ4v) is 2.45. The van der Waals surface area contributed by atoms with Crippen molar-refractivity contribution in [2.45, 2.75) is 39.0 Å². The van der Waals surface area contributed by atoms with Crippen LogP contribution in [0.15, 0.2) is 18.2 Å². The molecule has 0 radical (unpaired) electrons. The lowest BCUT2D eigenvalue weighted by Gasteiger charge is -2.23. The predicted molar refractivity (Wildman–Crippen MR) is 69.9 cm³/mol. The Morgan fingerprint density at radius 2 is 2.28 bits per heavy atom. The van der Waals surface area contributed by atoms with E-state index in [1.54, 1.807) is 0 Å². The van der Waals surface area contributed by atoms with Gasteiger partial charge in [0.05, 0.1) is 19.1 Å². The molecule has 0 fully saturated rings. The number of ether oxygens (including phenoxy) is 2. The van der Waals surface area contributed by atoms with Crippen LogP contribution in [0.5, 0.6) is 5.75 Å². The molecule has 98 valence electrons. The largest absolute Gasteiger partial charge is 0.493 e. The average molecular weight is 248 g/mol. The van der Waals surface area contributed by atoms with Crippen molar-refractivity contribution in [3.63, 3.8) is 0 Å². The van der Waals surface area contributed by atoms with E-state index in [1.165, 1.54) is 5.56 Å². The van der Waals surface area contributed by atoms with Crippen molar-refractivity contribution in [2.75, 3.05) is 13.2 Å². The van der Waals surface area contributed by atoms with Gasteiger partial charge in [-0.05, 0) is 31.7 Å². The molecule has 0 saturated heterocycles. The minimum Gasteiger partial charge on any atom is -0.493 e. The zero-order valence-electron chi connectivity index (χ0n) is 11.1. The van der Waals surface area contributed by atoms with Crippen molar-refractivity contribution in [2.24, 2.45) is 0 Å². The smallest absolute Gasteiger partial charge is 0.313 e. The second-order valence-corrected chi connectivity index (χ2v) is 4.50. The van der Waals surface area contributed by atoms with Crippen molar-refractivity contribution >= 4 is 5.97 Å². The number of aryl methyl sites for hydroxylation is 1. The van der Waals surface area contributed by atoms with E-state index >= 15 is 0 Å². The van der Waals surface area contributed by atoms with Crippen LogP contribution < -0.4 is 4.74 Å². The quantitative estimate of drug-likeness (QED) is 0.768. The fraction of sp³-hybridized carbons (Fsp3) is 0.533. The highest BCUT2D eigenvalue weighted by Crippen LogP contribution is 2.35. The van der Waals surface area contributed by atoms with Crippen LogP contribution in [0, 0.1) is 0 Å². The molecule has 2 rings (SSSR count). The second kappa shape index (κ2) is 5.89. The molecule has 0 N–H and O–H groups in total. The highest BCUT2D eigenvalue weighted by molar-refractivity contribution is 5.79. The standard InChI is InChI=1S/C15H20O3/c1-3-12(15(16)17-4-2)13-9-5-7-11-8-6-10-18-14(11)13/h5,7,9,12H,3-4,6,8,10H2,1-2H3. The Morgan fingerprint density at radius 1 is 1.44 bits per heavy atom. The van der Waals surface area contributed by atoms with Crippen LogP contribution in [0.2, 0.25) is 0 Å². The van der Waals surface area contributed by atoms with Crippen LogP contribution in [-0.4, -0.2) is 19.2 Å². The lowest BCUT2D eigenvalue weighted by Crippen LogP contribution is -2.18. The molecule has 18 heavy (non-hydrogen) atoms. The fourth-order valence-electron chi connectivity index (χ4n) is 2.45. The lowest BCUT2D eigenvalue weighted by molar-refractivity contribution is -0.145. The topological polar surface area (TPSA) is 35.5 Å². The number of carbonyl (C=O) groups excluding carboxylic acids is 1. The Morgan fingerprint density at radius 3 is 3.00 bits per heavy atom. The Labute approximate surface area is 108 Å². The van der Waals surface area contributed by atoms with Gasteiger partial charge in [-0.3, -0.25) is 4.79 Å². The van der Waals surface area contributed by atoms with E-state index < -0.39 is 0 Å². The van der Waals surface area contributed by atoms with Crippen molar-refractivity contribution in [3.8, 4) is 5.75 Å². The maximum absolute atomic E-state index is 12.0. The van der Waals surface area contributed by atoms with Crippen LogP contribution in [0.25, 0.3) is 0 Å². The number of esters is 1. The maximum Gasteiger partial charge on any atom is 0.313 e. The number of fused-ring (bicyclic) bond motifs is 1. The van der Waals surface area contributed by atoms with Crippen molar-refractivity contribution < 1.29 is 14.3 Å². The zero-order chi connectivity index (χ0) is 13.0. The molecule has 0 saturated carbocycles. The number of rotatable bonds is 4. The summed E-state index contributed by atoms with van der Waals surface area (Å²) in [4.78, 5) is 12.0. The molecule has 1 unspecified atom stereocenters. The lowest BCUT2D eigenvalue weighted by atomic mass is 9.92. The molecule has 0 bridgehead atoms. The molecule has 1 heterocycles.